The molecule has 1 N–H and O–H groups in total. The van der Waals surface area contributed by atoms with E-state index >= 15 is 0 Å². The summed E-state index contributed by atoms with van der Waals surface area (Å²) in [6.45, 7) is 1.15. The number of hydrogen-bond donors (Lipinski definition) is 1. The molecule has 21 heavy (non-hydrogen) atoms. The van der Waals surface area contributed by atoms with Crippen molar-refractivity contribution in [2.24, 2.45) is 0 Å². The van der Waals surface area contributed by atoms with Crippen LogP contribution in [0.4, 0.5) is 13.2 Å². The van der Waals surface area contributed by atoms with Crippen LogP contribution < -0.4 is 5.32 Å². The van der Waals surface area contributed by atoms with Gasteiger partial charge in [-0.15, -0.1) is 0 Å². The molecule has 1 fully saturated rings. The van der Waals surface area contributed by atoms with Crippen LogP contribution in [0.15, 0.2) is 23.1 Å². The van der Waals surface area contributed by atoms with Gasteiger partial charge in [0.25, 0.3) is 0 Å². The summed E-state index contributed by atoms with van der Waals surface area (Å²) < 4.78 is 64.2. The van der Waals surface area contributed by atoms with E-state index in [0.717, 1.165) is 10.4 Å². The van der Waals surface area contributed by atoms with E-state index in [1.165, 1.54) is 7.05 Å². The molecule has 1 aromatic rings. The minimum atomic E-state index is -4.65. The van der Waals surface area contributed by atoms with Gasteiger partial charge in [0.2, 0.25) is 10.0 Å². The Morgan fingerprint density at radius 3 is 2.52 bits per heavy atom. The van der Waals surface area contributed by atoms with E-state index in [4.69, 9.17) is 11.6 Å². The zero-order valence-electron chi connectivity index (χ0n) is 11.1. The smallest absolute Gasteiger partial charge is 0.315 e. The van der Waals surface area contributed by atoms with Gasteiger partial charge in [-0.1, -0.05) is 11.6 Å². The molecule has 0 amide bonds. The fourth-order valence-corrected chi connectivity index (χ4v) is 3.94. The van der Waals surface area contributed by atoms with Crippen LogP contribution in [0.1, 0.15) is 12.0 Å². The summed E-state index contributed by atoms with van der Waals surface area (Å²) in [6, 6.07) is 2.08. The summed E-state index contributed by atoms with van der Waals surface area (Å²) in [5.74, 6) is 0. The standard InChI is InChI=1S/C12H14ClF3N2O2S/c1-18(10-2-3-17-7-10)21(19,20)11-5-8(12(14,15)16)4-9(13)6-11/h4-6,10,17H,2-3,7H2,1H3. The van der Waals surface area contributed by atoms with Crippen LogP contribution in [0.2, 0.25) is 5.02 Å². The van der Waals surface area contributed by atoms with E-state index in [1.54, 1.807) is 0 Å². The van der Waals surface area contributed by atoms with E-state index in [2.05, 4.69) is 5.32 Å². The molecule has 1 aliphatic heterocycles. The lowest BCUT2D eigenvalue weighted by atomic mass is 10.2. The normalized spacial score (nSPS) is 20.2. The minimum absolute atomic E-state index is 0.263. The van der Waals surface area contributed by atoms with Gasteiger partial charge < -0.3 is 5.32 Å². The van der Waals surface area contributed by atoms with Crippen LogP contribution in [-0.2, 0) is 16.2 Å². The molecule has 1 aliphatic rings. The lowest BCUT2D eigenvalue weighted by Gasteiger charge is -2.23. The summed E-state index contributed by atoms with van der Waals surface area (Å²) in [6.07, 6.45) is -4.04. The van der Waals surface area contributed by atoms with Crippen molar-refractivity contribution >= 4 is 21.6 Å². The highest BCUT2D eigenvalue weighted by Gasteiger charge is 2.35. The van der Waals surface area contributed by atoms with Gasteiger partial charge in [-0.05, 0) is 31.2 Å². The molecule has 1 heterocycles. The van der Waals surface area contributed by atoms with Crippen LogP contribution >= 0.6 is 11.6 Å². The first-order valence-electron chi connectivity index (χ1n) is 6.19. The van der Waals surface area contributed by atoms with Crippen LogP contribution in [0.5, 0.6) is 0 Å². The molecule has 2 rings (SSSR count). The second kappa shape index (κ2) is 5.75. The molecule has 1 aromatic carbocycles. The monoisotopic (exact) mass is 342 g/mol. The van der Waals surface area contributed by atoms with Crippen molar-refractivity contribution in [2.45, 2.75) is 23.5 Å². The third-order valence-electron chi connectivity index (χ3n) is 3.42. The van der Waals surface area contributed by atoms with E-state index in [0.29, 0.717) is 31.6 Å². The van der Waals surface area contributed by atoms with Crippen molar-refractivity contribution in [1.82, 2.24) is 9.62 Å². The van der Waals surface area contributed by atoms with Crippen molar-refractivity contribution in [3.8, 4) is 0 Å². The molecule has 0 aromatic heterocycles. The SMILES string of the molecule is CN(C1CCNC1)S(=O)(=O)c1cc(Cl)cc(C(F)(F)F)c1. The van der Waals surface area contributed by atoms with E-state index in [-0.39, 0.29) is 11.1 Å². The lowest BCUT2D eigenvalue weighted by Crippen LogP contribution is -2.38. The van der Waals surface area contributed by atoms with Crippen molar-refractivity contribution in [3.05, 3.63) is 28.8 Å². The molecule has 0 radical (unpaired) electrons. The summed E-state index contributed by atoms with van der Waals surface area (Å²) in [5.41, 5.74) is -1.08. The molecule has 4 nitrogen and oxygen atoms in total. The van der Waals surface area contributed by atoms with Crippen molar-refractivity contribution < 1.29 is 21.6 Å². The molecule has 0 aliphatic carbocycles. The first kappa shape index (κ1) is 16.5. The first-order valence-corrected chi connectivity index (χ1v) is 8.01. The van der Waals surface area contributed by atoms with Gasteiger partial charge >= 0.3 is 6.18 Å². The molecule has 0 saturated carbocycles. The molecule has 0 bridgehead atoms. The van der Waals surface area contributed by atoms with Gasteiger partial charge in [-0.25, -0.2) is 8.42 Å². The second-order valence-electron chi connectivity index (χ2n) is 4.84. The van der Waals surface area contributed by atoms with Gasteiger partial charge in [-0.2, -0.15) is 17.5 Å². The topological polar surface area (TPSA) is 49.4 Å². The van der Waals surface area contributed by atoms with Gasteiger partial charge in [0.05, 0.1) is 10.5 Å². The Labute approximate surface area is 125 Å². The number of sulfonamides is 1. The predicted molar refractivity (Wildman–Crippen MR) is 72.7 cm³/mol. The molecule has 1 saturated heterocycles. The number of rotatable bonds is 3. The maximum Gasteiger partial charge on any atom is 0.416 e. The Hall–Kier alpha value is -0.830. The van der Waals surface area contributed by atoms with Gasteiger partial charge in [0.1, 0.15) is 0 Å². The van der Waals surface area contributed by atoms with Crippen LogP contribution in [0.25, 0.3) is 0 Å². The zero-order chi connectivity index (χ0) is 15.8. The Morgan fingerprint density at radius 2 is 2.00 bits per heavy atom. The van der Waals surface area contributed by atoms with Gasteiger partial charge in [0.15, 0.2) is 0 Å². The molecule has 1 atom stereocenters. The summed E-state index contributed by atoms with van der Waals surface area (Å²) >= 11 is 5.63. The van der Waals surface area contributed by atoms with E-state index in [1.807, 2.05) is 0 Å². The molecule has 1 unspecified atom stereocenters. The number of alkyl halides is 3. The minimum Gasteiger partial charge on any atom is -0.315 e. The molecule has 118 valence electrons. The number of nitrogens with zero attached hydrogens (tertiary/aromatic N) is 1. The maximum absolute atomic E-state index is 12.8. The van der Waals surface area contributed by atoms with Gasteiger partial charge in [-0.3, -0.25) is 0 Å². The van der Waals surface area contributed by atoms with Crippen molar-refractivity contribution in [3.63, 3.8) is 0 Å². The summed E-state index contributed by atoms with van der Waals surface area (Å²) in [4.78, 5) is -0.447. The number of benzene rings is 1. The Kier molecular flexibility index (Phi) is 4.53. The Morgan fingerprint density at radius 1 is 1.33 bits per heavy atom. The van der Waals surface area contributed by atoms with Crippen molar-refractivity contribution in [2.75, 3.05) is 20.1 Å². The highest BCUT2D eigenvalue weighted by Crippen LogP contribution is 2.33. The highest BCUT2D eigenvalue weighted by molar-refractivity contribution is 7.89. The van der Waals surface area contributed by atoms with Crippen LogP contribution in [-0.4, -0.2) is 38.9 Å². The van der Waals surface area contributed by atoms with Crippen molar-refractivity contribution in [1.29, 1.82) is 0 Å². The molecule has 9 heteroatoms. The van der Waals surface area contributed by atoms with E-state index < -0.39 is 26.7 Å². The predicted octanol–water partition coefficient (Wildman–Crippen LogP) is 2.34. The molecular weight excluding hydrogens is 329 g/mol. The second-order valence-corrected chi connectivity index (χ2v) is 7.28. The van der Waals surface area contributed by atoms with Crippen LogP contribution in [0, 0.1) is 0 Å². The average Bonchev–Trinajstić information content (AvgIpc) is 2.89. The summed E-state index contributed by atoms with van der Waals surface area (Å²) in [7, 11) is -2.66. The number of likely N-dealkylation sites (N-methyl/N-ethyl adjacent to an activating group) is 1. The number of nitrogens with one attached hydrogen (secondary N) is 1. The fraction of sp³-hybridized carbons (Fsp3) is 0.500. The third-order valence-corrected chi connectivity index (χ3v) is 5.53. The maximum atomic E-state index is 12.8. The highest BCUT2D eigenvalue weighted by atomic mass is 35.5. The largest absolute Gasteiger partial charge is 0.416 e. The molecular formula is C12H14ClF3N2O2S. The average molecular weight is 343 g/mol. The Balaban J connectivity index is 2.42. The lowest BCUT2D eigenvalue weighted by molar-refractivity contribution is -0.137. The fourth-order valence-electron chi connectivity index (χ4n) is 2.19. The number of halogens is 4. The van der Waals surface area contributed by atoms with E-state index in [9.17, 15) is 21.6 Å². The molecule has 0 spiro atoms. The third kappa shape index (κ3) is 3.50. The van der Waals surface area contributed by atoms with Gasteiger partial charge in [0, 0.05) is 24.7 Å². The Bertz CT molecular complexity index is 628. The first-order chi connectivity index (χ1) is 9.62. The quantitative estimate of drug-likeness (QED) is 0.917. The van der Waals surface area contributed by atoms with Crippen LogP contribution in [0.3, 0.4) is 0 Å². The summed E-state index contributed by atoms with van der Waals surface area (Å²) in [5, 5.41) is 2.75. The zero-order valence-corrected chi connectivity index (χ0v) is 12.7. The number of hydrogen-bond acceptors (Lipinski definition) is 3.